The number of alkyl halides is 3. The molecule has 0 saturated carbocycles. The first kappa shape index (κ1) is 28.3. The van der Waals surface area contributed by atoms with Gasteiger partial charge in [-0.15, -0.1) is 5.10 Å². The summed E-state index contributed by atoms with van der Waals surface area (Å²) in [5, 5.41) is 4.16. The van der Waals surface area contributed by atoms with E-state index in [-0.39, 0.29) is 30.2 Å². The standard InChI is InChI=1S/C25H34F3N9O2/c1-5-6-19(25(26,27)28)39-24-32-21(29)23-31-14-18(37(23)33-24)12-17-11-16(2)22(30-13-17)36-9-7-35(8-10-36)20(38)15-34(3)4/h11,13-14,19H,5-10,12,15H2,1-4H3,(H2,29,32,33)/t19-/m0/s1. The van der Waals surface area contributed by atoms with E-state index in [2.05, 4.69) is 25.0 Å². The highest BCUT2D eigenvalue weighted by Crippen LogP contribution is 2.28. The molecule has 0 spiro atoms. The number of halogens is 3. The zero-order valence-corrected chi connectivity index (χ0v) is 22.6. The number of carbonyl (C=O) groups excluding carboxylic acids is 1. The van der Waals surface area contributed by atoms with E-state index in [1.807, 2.05) is 36.9 Å². The Kier molecular flexibility index (Phi) is 8.42. The average Bonchev–Trinajstić information content (AvgIpc) is 3.26. The lowest BCUT2D eigenvalue weighted by molar-refractivity contribution is -0.198. The van der Waals surface area contributed by atoms with Gasteiger partial charge in [-0.1, -0.05) is 19.4 Å². The molecule has 1 aliphatic rings. The lowest BCUT2D eigenvalue weighted by Gasteiger charge is -2.36. The van der Waals surface area contributed by atoms with E-state index in [0.717, 1.165) is 16.9 Å². The summed E-state index contributed by atoms with van der Waals surface area (Å²) in [6.07, 6.45) is -2.83. The highest BCUT2D eigenvalue weighted by molar-refractivity contribution is 5.78. The summed E-state index contributed by atoms with van der Waals surface area (Å²) in [5.74, 6) is 0.898. The number of amides is 1. The number of aromatic nitrogens is 5. The summed E-state index contributed by atoms with van der Waals surface area (Å²) in [5.41, 5.74) is 8.64. The number of aryl methyl sites for hydroxylation is 1. The van der Waals surface area contributed by atoms with Crippen LogP contribution >= 0.6 is 0 Å². The quantitative estimate of drug-likeness (QED) is 0.429. The number of ether oxygens (including phenoxy) is 1. The molecule has 1 fully saturated rings. The number of likely N-dealkylation sites (N-methyl/N-ethyl adjacent to an activating group) is 1. The van der Waals surface area contributed by atoms with Gasteiger partial charge in [0.05, 0.1) is 18.4 Å². The largest absolute Gasteiger partial charge is 0.449 e. The number of imidazole rings is 1. The van der Waals surface area contributed by atoms with Gasteiger partial charge in [0.1, 0.15) is 5.82 Å². The second-order valence-corrected chi connectivity index (χ2v) is 9.97. The first-order valence-electron chi connectivity index (χ1n) is 12.8. The Balaban J connectivity index is 1.48. The topological polar surface area (TPSA) is 118 Å². The summed E-state index contributed by atoms with van der Waals surface area (Å²) in [7, 11) is 3.75. The molecule has 0 aliphatic carbocycles. The molecule has 3 aromatic heterocycles. The van der Waals surface area contributed by atoms with Gasteiger partial charge in [0.2, 0.25) is 5.91 Å². The minimum atomic E-state index is -4.56. The van der Waals surface area contributed by atoms with Crippen LogP contribution < -0.4 is 15.4 Å². The minimum Gasteiger partial charge on any atom is -0.449 e. The smallest absolute Gasteiger partial charge is 0.425 e. The molecule has 212 valence electrons. The van der Waals surface area contributed by atoms with Gasteiger partial charge in [-0.2, -0.15) is 18.2 Å². The van der Waals surface area contributed by atoms with Gasteiger partial charge in [-0.25, -0.2) is 14.5 Å². The zero-order chi connectivity index (χ0) is 28.3. The molecule has 1 saturated heterocycles. The Morgan fingerprint density at radius 2 is 1.90 bits per heavy atom. The van der Waals surface area contributed by atoms with Crippen molar-refractivity contribution in [2.24, 2.45) is 0 Å². The third-order valence-corrected chi connectivity index (χ3v) is 6.48. The van der Waals surface area contributed by atoms with E-state index in [0.29, 0.717) is 44.8 Å². The summed E-state index contributed by atoms with van der Waals surface area (Å²) < 4.78 is 46.5. The molecule has 4 rings (SSSR count). The van der Waals surface area contributed by atoms with Crippen LogP contribution in [0.4, 0.5) is 24.8 Å². The van der Waals surface area contributed by atoms with Crippen LogP contribution in [0.3, 0.4) is 0 Å². The minimum absolute atomic E-state index is 0.0727. The molecule has 14 heteroatoms. The van der Waals surface area contributed by atoms with Gasteiger partial charge in [-0.3, -0.25) is 4.79 Å². The van der Waals surface area contributed by atoms with Gasteiger partial charge in [0.25, 0.3) is 0 Å². The summed E-state index contributed by atoms with van der Waals surface area (Å²) in [6.45, 7) is 6.66. The molecule has 1 aliphatic heterocycles. The van der Waals surface area contributed by atoms with E-state index >= 15 is 0 Å². The summed E-state index contributed by atoms with van der Waals surface area (Å²) in [6, 6.07) is 1.55. The second kappa shape index (κ2) is 11.6. The van der Waals surface area contributed by atoms with E-state index in [1.54, 1.807) is 19.3 Å². The first-order valence-corrected chi connectivity index (χ1v) is 12.8. The molecular weight excluding hydrogens is 515 g/mol. The number of fused-ring (bicyclic) bond motifs is 1. The SMILES string of the molecule is CCC[C@H](Oc1nc(N)c2ncc(Cc3cnc(N4CCN(C(=O)CN(C)C)CC4)c(C)c3)n2n1)C(F)(F)F. The first-order chi connectivity index (χ1) is 18.5. The van der Waals surface area contributed by atoms with Crippen molar-refractivity contribution in [2.75, 3.05) is 57.5 Å². The number of pyridine rings is 1. The molecule has 1 amide bonds. The van der Waals surface area contributed by atoms with Crippen molar-refractivity contribution < 1.29 is 22.7 Å². The molecule has 0 radical (unpaired) electrons. The van der Waals surface area contributed by atoms with Crippen molar-refractivity contribution in [1.29, 1.82) is 0 Å². The van der Waals surface area contributed by atoms with E-state index in [4.69, 9.17) is 10.5 Å². The zero-order valence-electron chi connectivity index (χ0n) is 22.6. The van der Waals surface area contributed by atoms with E-state index in [1.165, 1.54) is 4.52 Å². The van der Waals surface area contributed by atoms with Gasteiger partial charge >= 0.3 is 12.2 Å². The van der Waals surface area contributed by atoms with E-state index < -0.39 is 18.3 Å². The average molecular weight is 550 g/mol. The molecule has 3 aromatic rings. The predicted molar refractivity (Wildman–Crippen MR) is 140 cm³/mol. The van der Waals surface area contributed by atoms with Gasteiger partial charge < -0.3 is 25.2 Å². The third-order valence-electron chi connectivity index (χ3n) is 6.48. The highest BCUT2D eigenvalue weighted by atomic mass is 19.4. The van der Waals surface area contributed by atoms with Crippen LogP contribution in [0.5, 0.6) is 6.01 Å². The number of hydrogen-bond donors (Lipinski definition) is 1. The molecule has 0 bridgehead atoms. The fourth-order valence-corrected chi connectivity index (χ4v) is 4.58. The number of anilines is 2. The summed E-state index contributed by atoms with van der Waals surface area (Å²) >= 11 is 0. The maximum Gasteiger partial charge on any atom is 0.425 e. The maximum atomic E-state index is 13.4. The molecule has 0 aromatic carbocycles. The normalized spacial score (nSPS) is 15.3. The number of carbonyl (C=O) groups is 1. The Morgan fingerprint density at radius 1 is 1.18 bits per heavy atom. The lowest BCUT2D eigenvalue weighted by Crippen LogP contribution is -2.51. The van der Waals surface area contributed by atoms with Crippen LogP contribution in [0.15, 0.2) is 18.5 Å². The third kappa shape index (κ3) is 6.67. The van der Waals surface area contributed by atoms with Crippen molar-refractivity contribution in [3.8, 4) is 6.01 Å². The Bertz CT molecular complexity index is 1300. The number of rotatable bonds is 9. The number of nitrogens with two attached hydrogens (primary N) is 1. The molecular formula is C25H34F3N9O2. The van der Waals surface area contributed by atoms with Crippen LogP contribution in [0.1, 0.15) is 36.6 Å². The molecule has 4 heterocycles. The molecule has 1 atom stereocenters. The monoisotopic (exact) mass is 549 g/mol. The fourth-order valence-electron chi connectivity index (χ4n) is 4.58. The summed E-state index contributed by atoms with van der Waals surface area (Å²) in [4.78, 5) is 31.0. The van der Waals surface area contributed by atoms with E-state index in [9.17, 15) is 18.0 Å². The predicted octanol–water partition coefficient (Wildman–Crippen LogP) is 2.32. The lowest BCUT2D eigenvalue weighted by atomic mass is 10.1. The molecule has 39 heavy (non-hydrogen) atoms. The van der Waals surface area contributed by atoms with Crippen molar-refractivity contribution in [3.05, 3.63) is 35.3 Å². The van der Waals surface area contributed by atoms with Crippen LogP contribution in [0.2, 0.25) is 0 Å². The molecule has 2 N–H and O–H groups in total. The number of piperazine rings is 1. The highest BCUT2D eigenvalue weighted by Gasteiger charge is 2.41. The Morgan fingerprint density at radius 3 is 2.51 bits per heavy atom. The van der Waals surface area contributed by atoms with Crippen molar-refractivity contribution in [3.63, 3.8) is 0 Å². The van der Waals surface area contributed by atoms with Crippen LogP contribution in [0.25, 0.3) is 5.65 Å². The second-order valence-electron chi connectivity index (χ2n) is 9.97. The van der Waals surface area contributed by atoms with Gasteiger partial charge in [0, 0.05) is 38.8 Å². The Labute approximate surface area is 224 Å². The number of nitrogen functional groups attached to an aromatic ring is 1. The van der Waals surface area contributed by atoms with Crippen molar-refractivity contribution in [2.45, 2.75) is 45.4 Å². The number of nitrogens with zero attached hydrogens (tertiary/aromatic N) is 8. The van der Waals surface area contributed by atoms with Crippen molar-refractivity contribution in [1.82, 2.24) is 34.4 Å². The van der Waals surface area contributed by atoms with Crippen LogP contribution in [0, 0.1) is 6.92 Å². The van der Waals surface area contributed by atoms with Crippen LogP contribution in [-0.2, 0) is 11.2 Å². The molecule has 11 nitrogen and oxygen atoms in total. The maximum absolute atomic E-state index is 13.4. The van der Waals surface area contributed by atoms with Gasteiger partial charge in [0.15, 0.2) is 17.6 Å². The van der Waals surface area contributed by atoms with Crippen LogP contribution in [-0.4, -0.2) is 99.4 Å². The fraction of sp³-hybridized carbons (Fsp3) is 0.560. The number of hydrogen-bond acceptors (Lipinski definition) is 9. The van der Waals surface area contributed by atoms with Gasteiger partial charge in [-0.05, 0) is 38.6 Å². The van der Waals surface area contributed by atoms with Crippen molar-refractivity contribution >= 4 is 23.2 Å². The Hall–Kier alpha value is -3.68. The molecule has 0 unspecified atom stereocenters.